The first-order valence-electron chi connectivity index (χ1n) is 5.60. The molecule has 0 radical (unpaired) electrons. The monoisotopic (exact) mass is 180 g/mol. The number of rotatable bonds is 1. The van der Waals surface area contributed by atoms with Crippen LogP contribution in [0.3, 0.4) is 0 Å². The lowest BCUT2D eigenvalue weighted by Gasteiger charge is -2.39. The molecule has 4 unspecified atom stereocenters. The van der Waals surface area contributed by atoms with Gasteiger partial charge in [-0.15, -0.1) is 0 Å². The van der Waals surface area contributed by atoms with E-state index in [4.69, 9.17) is 0 Å². The van der Waals surface area contributed by atoms with Gasteiger partial charge >= 0.3 is 0 Å². The first-order chi connectivity index (χ1) is 6.09. The largest absolute Gasteiger partial charge is 0.299 e. The highest BCUT2D eigenvalue weighted by Gasteiger charge is 2.55. The van der Waals surface area contributed by atoms with Crippen LogP contribution in [0.2, 0.25) is 0 Å². The Morgan fingerprint density at radius 1 is 1.38 bits per heavy atom. The molecule has 0 aromatic heterocycles. The lowest BCUT2D eigenvalue weighted by molar-refractivity contribution is -0.132. The second kappa shape index (κ2) is 2.83. The average molecular weight is 180 g/mol. The zero-order chi connectivity index (χ0) is 9.64. The van der Waals surface area contributed by atoms with Gasteiger partial charge in [0.1, 0.15) is 5.78 Å². The molecule has 2 aliphatic carbocycles. The van der Waals surface area contributed by atoms with Crippen molar-refractivity contribution < 1.29 is 4.79 Å². The van der Waals surface area contributed by atoms with Crippen LogP contribution < -0.4 is 0 Å². The van der Waals surface area contributed by atoms with Gasteiger partial charge in [-0.05, 0) is 37.5 Å². The minimum absolute atomic E-state index is 0.0723. The summed E-state index contributed by atoms with van der Waals surface area (Å²) in [6.07, 6.45) is 5.08. The molecule has 0 spiro atoms. The maximum Gasteiger partial charge on any atom is 0.136 e. The molecule has 2 rings (SSSR count). The van der Waals surface area contributed by atoms with Gasteiger partial charge in [0.25, 0.3) is 0 Å². The first kappa shape index (κ1) is 9.23. The van der Waals surface area contributed by atoms with E-state index in [1.807, 2.05) is 0 Å². The molecule has 2 fully saturated rings. The Morgan fingerprint density at radius 3 is 2.62 bits per heavy atom. The molecule has 74 valence electrons. The molecular weight excluding hydrogens is 160 g/mol. The number of fused-ring (bicyclic) bond motifs is 2. The van der Waals surface area contributed by atoms with Gasteiger partial charge < -0.3 is 0 Å². The van der Waals surface area contributed by atoms with Crippen LogP contribution in [0.5, 0.6) is 0 Å². The molecule has 2 saturated carbocycles. The normalized spacial score (nSPS) is 49.3. The van der Waals surface area contributed by atoms with Gasteiger partial charge in [0.05, 0.1) is 0 Å². The van der Waals surface area contributed by atoms with E-state index in [0.717, 1.165) is 12.3 Å². The number of carbonyl (C=O) groups excluding carboxylic acids is 1. The first-order valence-corrected chi connectivity index (χ1v) is 5.60. The number of Topliss-reactive ketones (excluding diaryl/α,β-unsaturated/α-hetero) is 1. The summed E-state index contributed by atoms with van der Waals surface area (Å²) in [5.74, 6) is 2.57. The highest BCUT2D eigenvalue weighted by molar-refractivity contribution is 5.83. The molecule has 0 amide bonds. The number of hydrogen-bond acceptors (Lipinski definition) is 1. The third kappa shape index (κ3) is 1.02. The molecule has 0 aromatic carbocycles. The predicted molar refractivity (Wildman–Crippen MR) is 53.4 cm³/mol. The fourth-order valence-corrected chi connectivity index (χ4v) is 4.08. The standard InChI is InChI=1S/C12H20O/c1-8-7-11-5-4-6-12(8,9(11)2)10(3)13/h8-9,11H,4-7H2,1-3H3. The number of ketones is 1. The highest BCUT2D eigenvalue weighted by Crippen LogP contribution is 2.58. The Labute approximate surface area is 80.9 Å². The van der Waals surface area contributed by atoms with Crippen LogP contribution in [-0.2, 0) is 4.79 Å². The van der Waals surface area contributed by atoms with Crippen molar-refractivity contribution in [3.63, 3.8) is 0 Å². The number of carbonyl (C=O) groups is 1. The molecule has 2 bridgehead atoms. The summed E-state index contributed by atoms with van der Waals surface area (Å²) >= 11 is 0. The van der Waals surface area contributed by atoms with E-state index in [9.17, 15) is 4.79 Å². The molecule has 0 aliphatic heterocycles. The summed E-state index contributed by atoms with van der Waals surface area (Å²) in [4.78, 5) is 11.8. The minimum Gasteiger partial charge on any atom is -0.299 e. The molecule has 4 atom stereocenters. The summed E-state index contributed by atoms with van der Waals surface area (Å²) in [5.41, 5.74) is 0.0723. The maximum atomic E-state index is 11.8. The van der Waals surface area contributed by atoms with Crippen molar-refractivity contribution in [1.29, 1.82) is 0 Å². The van der Waals surface area contributed by atoms with E-state index in [2.05, 4.69) is 13.8 Å². The van der Waals surface area contributed by atoms with Gasteiger partial charge in [0.2, 0.25) is 0 Å². The van der Waals surface area contributed by atoms with Gasteiger partial charge in [-0.2, -0.15) is 0 Å². The molecule has 0 N–H and O–H groups in total. The Balaban J connectivity index is 2.37. The quantitative estimate of drug-likeness (QED) is 0.606. The Hall–Kier alpha value is -0.330. The van der Waals surface area contributed by atoms with E-state index < -0.39 is 0 Å². The lowest BCUT2D eigenvalue weighted by atomic mass is 9.63. The fourth-order valence-electron chi connectivity index (χ4n) is 4.08. The van der Waals surface area contributed by atoms with Crippen molar-refractivity contribution in [2.75, 3.05) is 0 Å². The SMILES string of the molecule is CC(=O)C12CCCC(CC1C)C2C. The Bertz CT molecular complexity index is 233. The van der Waals surface area contributed by atoms with Crippen molar-refractivity contribution in [1.82, 2.24) is 0 Å². The smallest absolute Gasteiger partial charge is 0.136 e. The fraction of sp³-hybridized carbons (Fsp3) is 0.917. The van der Waals surface area contributed by atoms with Crippen LogP contribution in [0, 0.1) is 23.2 Å². The minimum atomic E-state index is 0.0723. The second-order valence-corrected chi connectivity index (χ2v) is 5.17. The number of hydrogen-bond donors (Lipinski definition) is 0. The Kier molecular flexibility index (Phi) is 2.01. The lowest BCUT2D eigenvalue weighted by Crippen LogP contribution is -2.39. The average Bonchev–Trinajstić information content (AvgIpc) is 2.25. The molecule has 1 heteroatoms. The van der Waals surface area contributed by atoms with Crippen LogP contribution in [0.4, 0.5) is 0 Å². The summed E-state index contributed by atoms with van der Waals surface area (Å²) in [6.45, 7) is 6.39. The maximum absolute atomic E-state index is 11.8. The van der Waals surface area contributed by atoms with Crippen LogP contribution in [0.15, 0.2) is 0 Å². The molecule has 0 saturated heterocycles. The summed E-state index contributed by atoms with van der Waals surface area (Å²) in [5, 5.41) is 0. The topological polar surface area (TPSA) is 17.1 Å². The van der Waals surface area contributed by atoms with E-state index in [-0.39, 0.29) is 5.41 Å². The third-order valence-electron chi connectivity index (χ3n) is 4.88. The van der Waals surface area contributed by atoms with Gasteiger partial charge in [-0.25, -0.2) is 0 Å². The van der Waals surface area contributed by atoms with Crippen LogP contribution in [0.1, 0.15) is 46.5 Å². The van der Waals surface area contributed by atoms with Crippen LogP contribution >= 0.6 is 0 Å². The van der Waals surface area contributed by atoms with Crippen LogP contribution in [-0.4, -0.2) is 5.78 Å². The summed E-state index contributed by atoms with van der Waals surface area (Å²) in [7, 11) is 0. The van der Waals surface area contributed by atoms with Crippen LogP contribution in [0.25, 0.3) is 0 Å². The van der Waals surface area contributed by atoms with Crippen molar-refractivity contribution in [3.05, 3.63) is 0 Å². The summed E-state index contributed by atoms with van der Waals surface area (Å²) in [6, 6.07) is 0. The van der Waals surface area contributed by atoms with Gasteiger partial charge in [0, 0.05) is 5.41 Å². The molecule has 13 heavy (non-hydrogen) atoms. The third-order valence-corrected chi connectivity index (χ3v) is 4.88. The van der Waals surface area contributed by atoms with Crippen molar-refractivity contribution in [3.8, 4) is 0 Å². The molecular formula is C12H20O. The van der Waals surface area contributed by atoms with Crippen molar-refractivity contribution in [2.45, 2.75) is 46.5 Å². The highest BCUT2D eigenvalue weighted by atomic mass is 16.1. The van der Waals surface area contributed by atoms with E-state index in [1.165, 1.54) is 19.3 Å². The molecule has 0 aromatic rings. The van der Waals surface area contributed by atoms with E-state index in [0.29, 0.717) is 17.6 Å². The van der Waals surface area contributed by atoms with Gasteiger partial charge in [-0.1, -0.05) is 26.7 Å². The van der Waals surface area contributed by atoms with E-state index >= 15 is 0 Å². The summed E-state index contributed by atoms with van der Waals surface area (Å²) < 4.78 is 0. The molecule has 2 aliphatic rings. The molecule has 1 nitrogen and oxygen atoms in total. The zero-order valence-corrected chi connectivity index (χ0v) is 8.97. The Morgan fingerprint density at radius 2 is 2.08 bits per heavy atom. The zero-order valence-electron chi connectivity index (χ0n) is 8.97. The second-order valence-electron chi connectivity index (χ2n) is 5.17. The van der Waals surface area contributed by atoms with Gasteiger partial charge in [-0.3, -0.25) is 4.79 Å². The van der Waals surface area contributed by atoms with Gasteiger partial charge in [0.15, 0.2) is 0 Å². The van der Waals surface area contributed by atoms with Crippen molar-refractivity contribution in [2.24, 2.45) is 23.2 Å². The molecule has 0 heterocycles. The van der Waals surface area contributed by atoms with E-state index in [1.54, 1.807) is 6.92 Å². The van der Waals surface area contributed by atoms with Crippen molar-refractivity contribution >= 4 is 5.78 Å². The predicted octanol–water partition coefficient (Wildman–Crippen LogP) is 3.04.